The molecule has 0 amide bonds. The van der Waals surface area contributed by atoms with Gasteiger partial charge in [-0.2, -0.15) is 0 Å². The topological polar surface area (TPSA) is 25.8 Å². The molecule has 0 aliphatic rings. The third-order valence-corrected chi connectivity index (χ3v) is 2.44. The Balaban J connectivity index is 3.17. The summed E-state index contributed by atoms with van der Waals surface area (Å²) in [5, 5.41) is 0. The Hall–Kier alpha value is 0.540. The molecule has 0 fully saturated rings. The van der Waals surface area contributed by atoms with E-state index in [2.05, 4.69) is 55.1 Å². The van der Waals surface area contributed by atoms with E-state index in [1.807, 2.05) is 6.92 Å². The smallest absolute Gasteiger partial charge is 0.122 e. The van der Waals surface area contributed by atoms with Gasteiger partial charge in [-0.1, -0.05) is 0 Å². The molecule has 4 heteroatoms. The van der Waals surface area contributed by atoms with Crippen molar-refractivity contribution in [2.45, 2.75) is 6.92 Å². The fourth-order valence-corrected chi connectivity index (χ4v) is 1.20. The second-order valence-electron chi connectivity index (χ2n) is 1.57. The molecule has 1 heterocycles. The molecule has 0 unspecified atom stereocenters. The lowest BCUT2D eigenvalue weighted by atomic mass is 10.5. The Morgan fingerprint density at radius 2 is 2.11 bits per heavy atom. The van der Waals surface area contributed by atoms with E-state index in [1.165, 1.54) is 0 Å². The summed E-state index contributed by atoms with van der Waals surface area (Å²) in [5.41, 5.74) is 1.00. The minimum atomic E-state index is 0.950. The van der Waals surface area contributed by atoms with Crippen molar-refractivity contribution in [3.63, 3.8) is 0 Å². The molecular formula is C5H4I2N2. The molecule has 9 heavy (non-hydrogen) atoms. The van der Waals surface area contributed by atoms with Crippen LogP contribution in [-0.2, 0) is 0 Å². The number of hydrogen-bond donors (Lipinski definition) is 0. The summed E-state index contributed by atoms with van der Waals surface area (Å²) in [6, 6.07) is 0. The summed E-state index contributed by atoms with van der Waals surface area (Å²) < 4.78 is 1.93. The summed E-state index contributed by atoms with van der Waals surface area (Å²) in [7, 11) is 0. The van der Waals surface area contributed by atoms with E-state index < -0.39 is 0 Å². The van der Waals surface area contributed by atoms with Gasteiger partial charge in [0.2, 0.25) is 0 Å². The summed E-state index contributed by atoms with van der Waals surface area (Å²) >= 11 is 4.31. The standard InChI is InChI=1S/C5H4I2N2/c1-3-5(7)8-2-4(6)9-3/h2H,1H3. The molecule has 2 nitrogen and oxygen atoms in total. The molecule has 0 spiro atoms. The third-order valence-electron chi connectivity index (χ3n) is 0.857. The highest BCUT2D eigenvalue weighted by Gasteiger charge is 1.95. The highest BCUT2D eigenvalue weighted by atomic mass is 127. The van der Waals surface area contributed by atoms with Crippen molar-refractivity contribution in [3.8, 4) is 0 Å². The van der Waals surface area contributed by atoms with Crippen molar-refractivity contribution in [1.82, 2.24) is 9.97 Å². The van der Waals surface area contributed by atoms with E-state index in [-0.39, 0.29) is 0 Å². The van der Waals surface area contributed by atoms with Crippen LogP contribution in [0.1, 0.15) is 5.69 Å². The number of aromatic nitrogens is 2. The van der Waals surface area contributed by atoms with Gasteiger partial charge in [0.25, 0.3) is 0 Å². The van der Waals surface area contributed by atoms with Crippen molar-refractivity contribution in [2.75, 3.05) is 0 Å². The molecule has 0 aromatic carbocycles. The zero-order chi connectivity index (χ0) is 6.85. The van der Waals surface area contributed by atoms with Gasteiger partial charge in [-0.15, -0.1) is 0 Å². The molecule has 1 aromatic rings. The molecule has 0 radical (unpaired) electrons. The van der Waals surface area contributed by atoms with Crippen LogP contribution in [0.2, 0.25) is 0 Å². The van der Waals surface area contributed by atoms with Crippen LogP contribution in [0, 0.1) is 14.3 Å². The number of halogens is 2. The van der Waals surface area contributed by atoms with E-state index >= 15 is 0 Å². The fourth-order valence-electron chi connectivity index (χ4n) is 0.439. The third kappa shape index (κ3) is 1.99. The fraction of sp³-hybridized carbons (Fsp3) is 0.200. The first-order chi connectivity index (χ1) is 4.20. The van der Waals surface area contributed by atoms with Crippen LogP contribution < -0.4 is 0 Å². The monoisotopic (exact) mass is 346 g/mol. The maximum absolute atomic E-state index is 4.19. The van der Waals surface area contributed by atoms with Crippen LogP contribution in [0.3, 0.4) is 0 Å². The van der Waals surface area contributed by atoms with Gasteiger partial charge < -0.3 is 0 Å². The molecule has 1 rings (SSSR count). The van der Waals surface area contributed by atoms with Gasteiger partial charge in [0.15, 0.2) is 0 Å². The van der Waals surface area contributed by atoms with E-state index in [9.17, 15) is 0 Å². The molecular weight excluding hydrogens is 342 g/mol. The van der Waals surface area contributed by atoms with Gasteiger partial charge >= 0.3 is 0 Å². The highest BCUT2D eigenvalue weighted by Crippen LogP contribution is 2.06. The van der Waals surface area contributed by atoms with Crippen molar-refractivity contribution >= 4 is 45.2 Å². The van der Waals surface area contributed by atoms with Gasteiger partial charge in [0.05, 0.1) is 11.9 Å². The van der Waals surface area contributed by atoms with Crippen LogP contribution in [0.5, 0.6) is 0 Å². The Labute approximate surface area is 80.8 Å². The van der Waals surface area contributed by atoms with Crippen LogP contribution >= 0.6 is 45.2 Å². The number of hydrogen-bond acceptors (Lipinski definition) is 2. The molecule has 48 valence electrons. The molecule has 0 atom stereocenters. The van der Waals surface area contributed by atoms with Crippen molar-refractivity contribution in [3.05, 3.63) is 19.3 Å². The molecule has 0 bridgehead atoms. The quantitative estimate of drug-likeness (QED) is 0.672. The second kappa shape index (κ2) is 3.09. The van der Waals surface area contributed by atoms with E-state index in [0.717, 1.165) is 13.1 Å². The van der Waals surface area contributed by atoms with E-state index in [0.29, 0.717) is 0 Å². The van der Waals surface area contributed by atoms with E-state index in [4.69, 9.17) is 0 Å². The number of aryl methyl sites for hydroxylation is 1. The zero-order valence-electron chi connectivity index (χ0n) is 4.73. The lowest BCUT2D eigenvalue weighted by molar-refractivity contribution is 1.05. The van der Waals surface area contributed by atoms with Crippen LogP contribution in [0.25, 0.3) is 0 Å². The highest BCUT2D eigenvalue weighted by molar-refractivity contribution is 14.1. The Bertz CT molecular complexity index is 224. The zero-order valence-corrected chi connectivity index (χ0v) is 9.04. The maximum Gasteiger partial charge on any atom is 0.122 e. The van der Waals surface area contributed by atoms with Gasteiger partial charge in [-0.05, 0) is 52.1 Å². The maximum atomic E-state index is 4.19. The predicted molar refractivity (Wildman–Crippen MR) is 52.2 cm³/mol. The predicted octanol–water partition coefficient (Wildman–Crippen LogP) is 1.99. The molecule has 1 aromatic heterocycles. The second-order valence-corrected chi connectivity index (χ2v) is 3.70. The Kier molecular flexibility index (Phi) is 2.62. The van der Waals surface area contributed by atoms with Crippen molar-refractivity contribution in [2.24, 2.45) is 0 Å². The lowest BCUT2D eigenvalue weighted by Gasteiger charge is -1.93. The van der Waals surface area contributed by atoms with Crippen molar-refractivity contribution in [1.29, 1.82) is 0 Å². The van der Waals surface area contributed by atoms with Gasteiger partial charge in [0, 0.05) is 0 Å². The molecule has 0 aliphatic heterocycles. The molecule has 0 N–H and O–H groups in total. The van der Waals surface area contributed by atoms with Gasteiger partial charge in [-0.25, -0.2) is 9.97 Å². The van der Waals surface area contributed by atoms with Crippen LogP contribution in [0.15, 0.2) is 6.20 Å². The summed E-state index contributed by atoms with van der Waals surface area (Å²) in [4.78, 5) is 8.28. The first-order valence-corrected chi connectivity index (χ1v) is 4.50. The Morgan fingerprint density at radius 3 is 2.56 bits per heavy atom. The average Bonchev–Trinajstić information content (AvgIpc) is 1.80. The van der Waals surface area contributed by atoms with Crippen LogP contribution in [-0.4, -0.2) is 9.97 Å². The minimum Gasteiger partial charge on any atom is -0.246 e. The summed E-state index contributed by atoms with van der Waals surface area (Å²) in [6.07, 6.45) is 1.76. The van der Waals surface area contributed by atoms with Crippen molar-refractivity contribution < 1.29 is 0 Å². The molecule has 0 saturated carbocycles. The van der Waals surface area contributed by atoms with E-state index in [1.54, 1.807) is 6.20 Å². The SMILES string of the molecule is Cc1nc(I)cnc1I. The average molecular weight is 346 g/mol. The Morgan fingerprint density at radius 1 is 1.44 bits per heavy atom. The molecule has 0 saturated heterocycles. The largest absolute Gasteiger partial charge is 0.246 e. The first-order valence-electron chi connectivity index (χ1n) is 2.35. The number of rotatable bonds is 0. The van der Waals surface area contributed by atoms with Gasteiger partial charge in [0.1, 0.15) is 7.40 Å². The van der Waals surface area contributed by atoms with Crippen LogP contribution in [0.4, 0.5) is 0 Å². The number of nitrogens with zero attached hydrogens (tertiary/aromatic N) is 2. The lowest BCUT2D eigenvalue weighted by Crippen LogP contribution is -1.91. The van der Waals surface area contributed by atoms with Gasteiger partial charge in [-0.3, -0.25) is 0 Å². The summed E-state index contributed by atoms with van der Waals surface area (Å²) in [5.74, 6) is 0. The normalized spacial score (nSPS) is 9.67. The summed E-state index contributed by atoms with van der Waals surface area (Å²) in [6.45, 7) is 1.96. The molecule has 0 aliphatic carbocycles. The minimum absolute atomic E-state index is 0.950. The first kappa shape index (κ1) is 7.64.